The van der Waals surface area contributed by atoms with Gasteiger partial charge < -0.3 is 18.9 Å². The highest BCUT2D eigenvalue weighted by atomic mass is 16.6. The van der Waals surface area contributed by atoms with Gasteiger partial charge in [-0.2, -0.15) is 0 Å². The van der Waals surface area contributed by atoms with Crippen molar-refractivity contribution >= 4 is 6.08 Å². The van der Waals surface area contributed by atoms with E-state index in [4.69, 9.17) is 18.9 Å². The van der Waals surface area contributed by atoms with Crippen LogP contribution in [-0.4, -0.2) is 29.9 Å². The molecular weight excluding hydrogens is 486 g/mol. The van der Waals surface area contributed by atoms with Crippen molar-refractivity contribution in [2.75, 3.05) is 6.61 Å². The zero-order valence-corrected chi connectivity index (χ0v) is 21.8. The quantitative estimate of drug-likeness (QED) is 0.207. The first-order valence-electron chi connectivity index (χ1n) is 13.2. The molecule has 0 fully saturated rings. The van der Waals surface area contributed by atoms with E-state index in [1.165, 1.54) is 0 Å². The fourth-order valence-corrected chi connectivity index (χ4v) is 4.36. The van der Waals surface area contributed by atoms with Crippen LogP contribution < -0.4 is 0 Å². The third-order valence-electron chi connectivity index (χ3n) is 6.38. The molecule has 2 heterocycles. The fraction of sp³-hybridized carbons (Fsp3) is 0.206. The SMILES string of the molecule is C1=C(/C=C/c2ccccn2)O[C@H](COCc2ccccc2)[C@@H](OCc2ccccc2)[C@@H]1OCc1ccccc1. The predicted octanol–water partition coefficient (Wildman–Crippen LogP) is 6.77. The molecule has 5 nitrogen and oxygen atoms in total. The monoisotopic (exact) mass is 519 g/mol. The Morgan fingerprint density at radius 1 is 0.641 bits per heavy atom. The van der Waals surface area contributed by atoms with Gasteiger partial charge in [-0.25, -0.2) is 0 Å². The van der Waals surface area contributed by atoms with Crippen LogP contribution in [0.4, 0.5) is 0 Å². The number of benzene rings is 3. The molecule has 1 aromatic heterocycles. The minimum atomic E-state index is -0.369. The van der Waals surface area contributed by atoms with Crippen molar-refractivity contribution in [3.05, 3.63) is 156 Å². The summed E-state index contributed by atoms with van der Waals surface area (Å²) in [7, 11) is 0. The molecule has 0 radical (unpaired) electrons. The summed E-state index contributed by atoms with van der Waals surface area (Å²) in [5.41, 5.74) is 4.15. The Labute approximate surface area is 230 Å². The standard InChI is InChI=1S/C34H33NO4/c1-4-12-27(13-5-1)23-36-26-33-34(38-25-29-16-8-3-9-17-29)32(37-24-28-14-6-2-7-15-28)22-31(39-33)20-19-30-18-10-11-21-35-30/h1-22,32-34H,23-26H2/b20-19+/t32-,33-,34+/m1/s1. The van der Waals surface area contributed by atoms with E-state index in [-0.39, 0.29) is 18.3 Å². The molecule has 0 bridgehead atoms. The topological polar surface area (TPSA) is 49.8 Å². The number of pyridine rings is 1. The second kappa shape index (κ2) is 14.2. The third kappa shape index (κ3) is 8.23. The number of hydrogen-bond donors (Lipinski definition) is 0. The third-order valence-corrected chi connectivity index (χ3v) is 6.38. The van der Waals surface area contributed by atoms with Gasteiger partial charge in [-0.15, -0.1) is 0 Å². The number of aromatic nitrogens is 1. The highest BCUT2D eigenvalue weighted by molar-refractivity contribution is 5.48. The van der Waals surface area contributed by atoms with Crippen LogP contribution in [0.15, 0.2) is 133 Å². The highest BCUT2D eigenvalue weighted by Gasteiger charge is 2.36. The van der Waals surface area contributed by atoms with Gasteiger partial charge in [0.15, 0.2) is 6.10 Å². The molecule has 3 atom stereocenters. The summed E-state index contributed by atoms with van der Waals surface area (Å²) in [5, 5.41) is 0. The van der Waals surface area contributed by atoms with Crippen molar-refractivity contribution in [3.63, 3.8) is 0 Å². The maximum absolute atomic E-state index is 6.49. The molecule has 1 aliphatic rings. The van der Waals surface area contributed by atoms with Gasteiger partial charge in [-0.1, -0.05) is 97.1 Å². The van der Waals surface area contributed by atoms with E-state index in [1.54, 1.807) is 6.20 Å². The van der Waals surface area contributed by atoms with Crippen LogP contribution >= 0.6 is 0 Å². The van der Waals surface area contributed by atoms with E-state index in [0.717, 1.165) is 22.4 Å². The lowest BCUT2D eigenvalue weighted by atomic mass is 10.0. The first-order valence-corrected chi connectivity index (χ1v) is 13.2. The lowest BCUT2D eigenvalue weighted by Gasteiger charge is -2.36. The Balaban J connectivity index is 1.36. The number of hydrogen-bond acceptors (Lipinski definition) is 5. The summed E-state index contributed by atoms with van der Waals surface area (Å²) in [5.74, 6) is 0.701. The minimum Gasteiger partial charge on any atom is -0.485 e. The average Bonchev–Trinajstić information content (AvgIpc) is 3.00. The van der Waals surface area contributed by atoms with Crippen LogP contribution in [0.3, 0.4) is 0 Å². The number of nitrogens with zero attached hydrogens (tertiary/aromatic N) is 1. The lowest BCUT2D eigenvalue weighted by molar-refractivity contribution is -0.151. The molecule has 198 valence electrons. The van der Waals surface area contributed by atoms with Crippen LogP contribution in [0.25, 0.3) is 6.08 Å². The van der Waals surface area contributed by atoms with E-state index in [1.807, 2.05) is 91.0 Å². The molecule has 4 aromatic rings. The Morgan fingerprint density at radius 3 is 1.85 bits per heavy atom. The molecule has 3 aromatic carbocycles. The second-order valence-corrected chi connectivity index (χ2v) is 9.34. The normalized spacial score (nSPS) is 19.0. The van der Waals surface area contributed by atoms with Gasteiger partial charge in [0.05, 0.1) is 32.1 Å². The molecule has 0 N–H and O–H groups in total. The van der Waals surface area contributed by atoms with E-state index >= 15 is 0 Å². The van der Waals surface area contributed by atoms with Crippen LogP contribution in [0.2, 0.25) is 0 Å². The summed E-state index contributed by atoms with van der Waals surface area (Å²) in [4.78, 5) is 4.39. The Bertz CT molecular complexity index is 1310. The van der Waals surface area contributed by atoms with Gasteiger partial charge >= 0.3 is 0 Å². The highest BCUT2D eigenvalue weighted by Crippen LogP contribution is 2.27. The lowest BCUT2D eigenvalue weighted by Crippen LogP contribution is -2.47. The molecular formula is C34H33NO4. The fourth-order valence-electron chi connectivity index (χ4n) is 4.36. The van der Waals surface area contributed by atoms with Crippen LogP contribution in [0.1, 0.15) is 22.4 Å². The van der Waals surface area contributed by atoms with E-state index in [2.05, 4.69) is 41.4 Å². The molecule has 0 unspecified atom stereocenters. The molecule has 0 amide bonds. The molecule has 0 aliphatic carbocycles. The van der Waals surface area contributed by atoms with Gasteiger partial charge in [0.25, 0.3) is 0 Å². The van der Waals surface area contributed by atoms with Crippen molar-refractivity contribution in [2.24, 2.45) is 0 Å². The van der Waals surface area contributed by atoms with E-state index < -0.39 is 0 Å². The van der Waals surface area contributed by atoms with Gasteiger partial charge in [0, 0.05) is 6.20 Å². The predicted molar refractivity (Wildman–Crippen MR) is 152 cm³/mol. The molecule has 39 heavy (non-hydrogen) atoms. The van der Waals surface area contributed by atoms with E-state index in [9.17, 15) is 0 Å². The number of ether oxygens (including phenoxy) is 4. The summed E-state index contributed by atoms with van der Waals surface area (Å²) in [6.45, 7) is 1.75. The van der Waals surface area contributed by atoms with Gasteiger partial charge in [0.1, 0.15) is 18.0 Å². The van der Waals surface area contributed by atoms with Gasteiger partial charge in [0.2, 0.25) is 0 Å². The smallest absolute Gasteiger partial charge is 0.151 e. The summed E-state index contributed by atoms with van der Waals surface area (Å²) in [6, 6.07) is 36.2. The average molecular weight is 520 g/mol. The molecule has 5 heteroatoms. The Kier molecular flexibility index (Phi) is 9.68. The molecule has 1 aliphatic heterocycles. The summed E-state index contributed by atoms with van der Waals surface area (Å²) in [6.07, 6.45) is 6.56. The summed E-state index contributed by atoms with van der Waals surface area (Å²) >= 11 is 0. The van der Waals surface area contributed by atoms with E-state index in [0.29, 0.717) is 32.2 Å². The van der Waals surface area contributed by atoms with Crippen molar-refractivity contribution in [1.82, 2.24) is 4.98 Å². The summed E-state index contributed by atoms with van der Waals surface area (Å²) < 4.78 is 25.5. The maximum atomic E-state index is 6.49. The van der Waals surface area contributed by atoms with Crippen molar-refractivity contribution < 1.29 is 18.9 Å². The molecule has 5 rings (SSSR count). The Morgan fingerprint density at radius 2 is 1.23 bits per heavy atom. The zero-order chi connectivity index (χ0) is 26.5. The van der Waals surface area contributed by atoms with Gasteiger partial charge in [-0.05, 0) is 47.1 Å². The minimum absolute atomic E-state index is 0.337. The molecule has 0 saturated heterocycles. The zero-order valence-electron chi connectivity index (χ0n) is 21.8. The van der Waals surface area contributed by atoms with Crippen molar-refractivity contribution in [1.29, 1.82) is 0 Å². The molecule has 0 saturated carbocycles. The van der Waals surface area contributed by atoms with Crippen LogP contribution in [0, 0.1) is 0 Å². The van der Waals surface area contributed by atoms with Gasteiger partial charge in [-0.3, -0.25) is 4.98 Å². The van der Waals surface area contributed by atoms with Crippen LogP contribution in [-0.2, 0) is 38.8 Å². The Hall–Kier alpha value is -4.03. The maximum Gasteiger partial charge on any atom is 0.151 e. The largest absolute Gasteiger partial charge is 0.485 e. The van der Waals surface area contributed by atoms with Crippen LogP contribution in [0.5, 0.6) is 0 Å². The number of allylic oxidation sites excluding steroid dienone is 1. The molecule has 0 spiro atoms. The first-order chi connectivity index (χ1) is 19.3. The second-order valence-electron chi connectivity index (χ2n) is 9.34. The van der Waals surface area contributed by atoms with Crippen molar-refractivity contribution in [2.45, 2.75) is 38.1 Å². The number of rotatable bonds is 12. The van der Waals surface area contributed by atoms with Crippen molar-refractivity contribution in [3.8, 4) is 0 Å². The first kappa shape index (κ1) is 26.6.